The zero-order valence-corrected chi connectivity index (χ0v) is 11.1. The Hall–Kier alpha value is -0.940. The molecule has 0 aromatic carbocycles. The van der Waals surface area contributed by atoms with Gasteiger partial charge in [0, 0.05) is 32.7 Å². The third kappa shape index (κ3) is 2.57. The summed E-state index contributed by atoms with van der Waals surface area (Å²) in [5.41, 5.74) is 0.235. The summed E-state index contributed by atoms with van der Waals surface area (Å²) in [6.45, 7) is 1.88. The van der Waals surface area contributed by atoms with Crippen LogP contribution in [0, 0.1) is 0 Å². The third-order valence-electron chi connectivity index (χ3n) is 4.19. The fourth-order valence-electron chi connectivity index (χ4n) is 3.01. The second-order valence-corrected chi connectivity index (χ2v) is 5.61. The van der Waals surface area contributed by atoms with Gasteiger partial charge in [0.15, 0.2) is 5.82 Å². The van der Waals surface area contributed by atoms with E-state index in [2.05, 4.69) is 15.4 Å². The summed E-state index contributed by atoms with van der Waals surface area (Å²) < 4.78 is 7.69. The minimum atomic E-state index is 0.235. The van der Waals surface area contributed by atoms with Crippen LogP contribution in [0.4, 0.5) is 0 Å². The van der Waals surface area contributed by atoms with Gasteiger partial charge in [-0.15, -0.1) is 0 Å². The second-order valence-electron chi connectivity index (χ2n) is 5.61. The molecule has 1 spiro atoms. The van der Waals surface area contributed by atoms with Gasteiger partial charge in [0.05, 0.1) is 5.60 Å². The molecule has 100 valence electrons. The van der Waals surface area contributed by atoms with Crippen LogP contribution in [-0.4, -0.2) is 39.6 Å². The van der Waals surface area contributed by atoms with Crippen molar-refractivity contribution >= 4 is 0 Å². The molecule has 1 aliphatic heterocycles. The maximum atomic E-state index is 5.93. The molecule has 0 bridgehead atoms. The normalized spacial score (nSPS) is 26.2. The predicted octanol–water partition coefficient (Wildman–Crippen LogP) is 1.05. The Morgan fingerprint density at radius 3 is 3.11 bits per heavy atom. The summed E-state index contributed by atoms with van der Waals surface area (Å²) in [5.74, 6) is 0.926. The van der Waals surface area contributed by atoms with Gasteiger partial charge in [0.2, 0.25) is 0 Å². The Kier molecular flexibility index (Phi) is 3.35. The zero-order chi connectivity index (χ0) is 12.4. The maximum Gasteiger partial charge on any atom is 0.151 e. The van der Waals surface area contributed by atoms with Crippen LogP contribution in [0.3, 0.4) is 0 Å². The summed E-state index contributed by atoms with van der Waals surface area (Å²) in [6.07, 6.45) is 8.84. The van der Waals surface area contributed by atoms with Crippen molar-refractivity contribution in [2.24, 2.45) is 7.05 Å². The van der Waals surface area contributed by atoms with Crippen molar-refractivity contribution in [2.75, 3.05) is 13.2 Å². The van der Waals surface area contributed by atoms with Crippen molar-refractivity contribution in [3.05, 3.63) is 12.2 Å². The number of hydrogen-bond donors (Lipinski definition) is 1. The van der Waals surface area contributed by atoms with Gasteiger partial charge < -0.3 is 10.1 Å². The van der Waals surface area contributed by atoms with Crippen molar-refractivity contribution in [2.45, 2.75) is 50.2 Å². The zero-order valence-electron chi connectivity index (χ0n) is 11.1. The topological polar surface area (TPSA) is 52.0 Å². The van der Waals surface area contributed by atoms with Gasteiger partial charge in [-0.05, 0) is 32.1 Å². The highest BCUT2D eigenvalue weighted by molar-refractivity contribution is 4.96. The Balaban J connectivity index is 1.43. The fraction of sp³-hybridized carbons (Fsp3) is 0.846. The van der Waals surface area contributed by atoms with Crippen LogP contribution >= 0.6 is 0 Å². The van der Waals surface area contributed by atoms with Crippen molar-refractivity contribution in [1.82, 2.24) is 20.1 Å². The highest BCUT2D eigenvalue weighted by Gasteiger charge is 2.42. The molecule has 1 unspecified atom stereocenters. The first-order valence-corrected chi connectivity index (χ1v) is 6.98. The Morgan fingerprint density at radius 2 is 2.44 bits per heavy atom. The number of rotatable bonds is 4. The van der Waals surface area contributed by atoms with Gasteiger partial charge in [-0.1, -0.05) is 0 Å². The fourth-order valence-corrected chi connectivity index (χ4v) is 3.01. The molecule has 2 heterocycles. The van der Waals surface area contributed by atoms with E-state index in [1.54, 1.807) is 11.0 Å². The first-order chi connectivity index (χ1) is 8.76. The first kappa shape index (κ1) is 12.1. The van der Waals surface area contributed by atoms with E-state index in [4.69, 9.17) is 4.74 Å². The quantitative estimate of drug-likeness (QED) is 0.868. The van der Waals surface area contributed by atoms with Crippen LogP contribution in [0.1, 0.15) is 37.9 Å². The lowest BCUT2D eigenvalue weighted by Crippen LogP contribution is -2.51. The second kappa shape index (κ2) is 4.97. The highest BCUT2D eigenvalue weighted by atomic mass is 16.5. The molecule has 0 radical (unpaired) electrons. The molecule has 18 heavy (non-hydrogen) atoms. The summed E-state index contributed by atoms with van der Waals surface area (Å²) in [4.78, 5) is 4.24. The molecule has 1 atom stereocenters. The molecule has 3 rings (SSSR count). The Bertz CT molecular complexity index is 399. The average molecular weight is 250 g/mol. The molecular formula is C13H22N4O. The van der Waals surface area contributed by atoms with Crippen molar-refractivity contribution in [3.63, 3.8) is 0 Å². The van der Waals surface area contributed by atoms with E-state index >= 15 is 0 Å². The summed E-state index contributed by atoms with van der Waals surface area (Å²) in [7, 11) is 1.91. The Labute approximate surface area is 108 Å². The van der Waals surface area contributed by atoms with E-state index in [1.807, 2.05) is 7.05 Å². The smallest absolute Gasteiger partial charge is 0.151 e. The highest BCUT2D eigenvalue weighted by Crippen LogP contribution is 2.42. The monoisotopic (exact) mass is 250 g/mol. The van der Waals surface area contributed by atoms with E-state index in [-0.39, 0.29) is 5.60 Å². The van der Waals surface area contributed by atoms with Crippen LogP contribution in [0.25, 0.3) is 0 Å². The summed E-state index contributed by atoms with van der Waals surface area (Å²) >= 11 is 0. The number of ether oxygens (including phenoxy) is 1. The summed E-state index contributed by atoms with van der Waals surface area (Å²) in [5, 5.41) is 7.92. The number of hydrogen-bond acceptors (Lipinski definition) is 4. The van der Waals surface area contributed by atoms with Gasteiger partial charge in [0.1, 0.15) is 6.33 Å². The van der Waals surface area contributed by atoms with Crippen LogP contribution in [-0.2, 0) is 18.2 Å². The minimum Gasteiger partial charge on any atom is -0.375 e. The van der Waals surface area contributed by atoms with E-state index in [0.717, 1.165) is 31.8 Å². The minimum absolute atomic E-state index is 0.235. The molecule has 1 aliphatic carbocycles. The number of aromatic nitrogens is 3. The first-order valence-electron chi connectivity index (χ1n) is 6.98. The lowest BCUT2D eigenvalue weighted by atomic mass is 9.74. The van der Waals surface area contributed by atoms with E-state index in [0.29, 0.717) is 6.04 Å². The van der Waals surface area contributed by atoms with Crippen molar-refractivity contribution in [1.29, 1.82) is 0 Å². The van der Waals surface area contributed by atoms with Crippen LogP contribution in [0.2, 0.25) is 0 Å². The van der Waals surface area contributed by atoms with Crippen LogP contribution in [0.15, 0.2) is 6.33 Å². The average Bonchev–Trinajstić information content (AvgIpc) is 2.74. The molecule has 0 amide bonds. The molecule has 1 N–H and O–H groups in total. The molecule has 1 saturated carbocycles. The molecule has 1 aromatic heterocycles. The molecule has 2 fully saturated rings. The Morgan fingerprint density at radius 1 is 1.56 bits per heavy atom. The van der Waals surface area contributed by atoms with Crippen molar-refractivity contribution < 1.29 is 4.74 Å². The molecule has 5 heteroatoms. The number of aryl methyl sites for hydroxylation is 1. The van der Waals surface area contributed by atoms with Gasteiger partial charge >= 0.3 is 0 Å². The standard InChI is InChI=1S/C13H22N4O/c1-17-10-15-12(16-17)3-7-14-11-4-8-18-13(9-11)5-2-6-13/h10-11,14H,2-9H2,1H3. The number of nitrogens with zero attached hydrogens (tertiary/aromatic N) is 3. The van der Waals surface area contributed by atoms with Gasteiger partial charge in [-0.3, -0.25) is 4.68 Å². The van der Waals surface area contributed by atoms with Crippen LogP contribution in [0.5, 0.6) is 0 Å². The van der Waals surface area contributed by atoms with Crippen LogP contribution < -0.4 is 5.32 Å². The lowest BCUT2D eigenvalue weighted by molar-refractivity contribution is -0.135. The van der Waals surface area contributed by atoms with Crippen molar-refractivity contribution in [3.8, 4) is 0 Å². The molecule has 1 aromatic rings. The third-order valence-corrected chi connectivity index (χ3v) is 4.19. The van der Waals surface area contributed by atoms with E-state index in [1.165, 1.54) is 25.7 Å². The predicted molar refractivity (Wildman–Crippen MR) is 68.3 cm³/mol. The molecular weight excluding hydrogens is 228 g/mol. The number of nitrogens with one attached hydrogen (secondary N) is 1. The van der Waals surface area contributed by atoms with Gasteiger partial charge in [0.25, 0.3) is 0 Å². The van der Waals surface area contributed by atoms with E-state index < -0.39 is 0 Å². The molecule has 1 saturated heterocycles. The lowest BCUT2D eigenvalue weighted by Gasteiger charge is -2.47. The molecule has 2 aliphatic rings. The molecule has 5 nitrogen and oxygen atoms in total. The SMILES string of the molecule is Cn1cnc(CCNC2CCOC3(CCC3)C2)n1. The van der Waals surface area contributed by atoms with E-state index in [9.17, 15) is 0 Å². The largest absolute Gasteiger partial charge is 0.375 e. The van der Waals surface area contributed by atoms with Gasteiger partial charge in [-0.25, -0.2) is 4.98 Å². The maximum absolute atomic E-state index is 5.93. The van der Waals surface area contributed by atoms with Gasteiger partial charge in [-0.2, -0.15) is 5.10 Å². The summed E-state index contributed by atoms with van der Waals surface area (Å²) in [6, 6.07) is 0.614.